The quantitative estimate of drug-likeness (QED) is 0.0742. The number of benzene rings is 1. The van der Waals surface area contributed by atoms with Crippen molar-refractivity contribution in [1.29, 1.82) is 0 Å². The summed E-state index contributed by atoms with van der Waals surface area (Å²) in [6.07, 6.45) is 0.964. The van der Waals surface area contributed by atoms with Crippen LogP contribution in [0.5, 0.6) is 0 Å². The second-order valence-corrected chi connectivity index (χ2v) is 8.97. The molecule has 1 aromatic heterocycles. The van der Waals surface area contributed by atoms with E-state index in [0.29, 0.717) is 12.0 Å². The molecule has 0 saturated carbocycles. The van der Waals surface area contributed by atoms with E-state index in [4.69, 9.17) is 17.2 Å². The summed E-state index contributed by atoms with van der Waals surface area (Å²) in [5.74, 6) is -3.56. The molecule has 0 aliphatic heterocycles. The fraction of sp³-hybridized carbons (Fsp3) is 0.458. The Morgan fingerprint density at radius 2 is 1.63 bits per heavy atom. The maximum atomic E-state index is 13.3. The first-order valence-corrected chi connectivity index (χ1v) is 12.1. The molecule has 5 atom stereocenters. The van der Waals surface area contributed by atoms with Crippen molar-refractivity contribution in [2.45, 2.75) is 63.4 Å². The third-order valence-electron chi connectivity index (χ3n) is 5.86. The van der Waals surface area contributed by atoms with Crippen LogP contribution in [0.4, 0.5) is 0 Å². The number of amides is 3. The lowest BCUT2D eigenvalue weighted by Crippen LogP contribution is -2.58. The highest BCUT2D eigenvalue weighted by molar-refractivity contribution is 5.94. The molecular weight excluding hydrogens is 496 g/mol. The van der Waals surface area contributed by atoms with E-state index in [0.717, 1.165) is 10.9 Å². The predicted octanol–water partition coefficient (Wildman–Crippen LogP) is -1.97. The number of nitrogens with one attached hydrogen (secondary N) is 4. The molecule has 0 bridgehead atoms. The van der Waals surface area contributed by atoms with E-state index in [1.54, 1.807) is 6.20 Å². The number of carboxylic acid groups (broad SMARTS) is 1. The highest BCUT2D eigenvalue weighted by Gasteiger charge is 2.30. The molecule has 12 N–H and O–H groups in total. The van der Waals surface area contributed by atoms with Gasteiger partial charge in [0, 0.05) is 30.1 Å². The monoisotopic (exact) mass is 532 g/mol. The highest BCUT2D eigenvalue weighted by atomic mass is 16.4. The molecule has 1 heterocycles. The minimum atomic E-state index is -1.29. The highest BCUT2D eigenvalue weighted by Crippen LogP contribution is 2.19. The van der Waals surface area contributed by atoms with Crippen LogP contribution in [-0.2, 0) is 25.6 Å². The third-order valence-corrected chi connectivity index (χ3v) is 5.86. The Hall–Kier alpha value is -4.17. The molecule has 2 rings (SSSR count). The molecule has 38 heavy (non-hydrogen) atoms. The molecule has 3 amide bonds. The van der Waals surface area contributed by atoms with E-state index >= 15 is 0 Å². The maximum absolute atomic E-state index is 13.3. The van der Waals surface area contributed by atoms with Crippen LogP contribution in [0, 0.1) is 0 Å². The van der Waals surface area contributed by atoms with Crippen molar-refractivity contribution < 1.29 is 29.4 Å². The topological polar surface area (TPSA) is 251 Å². The van der Waals surface area contributed by atoms with Crippen molar-refractivity contribution in [1.82, 2.24) is 20.9 Å². The first kappa shape index (κ1) is 30.1. The number of fused-ring (bicyclic) bond motifs is 1. The van der Waals surface area contributed by atoms with Crippen molar-refractivity contribution in [2.75, 3.05) is 6.54 Å². The van der Waals surface area contributed by atoms with E-state index in [-0.39, 0.29) is 25.3 Å². The van der Waals surface area contributed by atoms with Crippen LogP contribution in [0.25, 0.3) is 10.9 Å². The summed E-state index contributed by atoms with van der Waals surface area (Å²) in [5.41, 5.74) is 17.9. The first-order valence-electron chi connectivity index (χ1n) is 12.1. The number of aromatic amines is 1. The van der Waals surface area contributed by atoms with Crippen LogP contribution in [0.3, 0.4) is 0 Å². The number of carboxylic acids is 1. The standard InChI is InChI=1S/C24H36N8O6/c1-12(23(37)38)30-21(35)18(10-14-11-29-16-7-4-3-6-15(14)16)32-20(34)17(8-5-9-28-24(26)27)31-22(36)19(25)13(2)33/h3-4,6-7,11-13,17-19,29,33H,5,8-10,25H2,1-2H3,(H,30,35)(H,31,36)(H,32,34)(H,37,38)(H4,26,27,28). The van der Waals surface area contributed by atoms with Crippen LogP contribution in [0.1, 0.15) is 32.3 Å². The van der Waals surface area contributed by atoms with Crippen molar-refractivity contribution in [3.63, 3.8) is 0 Å². The molecule has 0 fully saturated rings. The Kier molecular flexibility index (Phi) is 11.0. The Morgan fingerprint density at radius 1 is 1.00 bits per heavy atom. The van der Waals surface area contributed by atoms with E-state index in [1.807, 2.05) is 24.3 Å². The number of nitrogens with two attached hydrogens (primary N) is 3. The average Bonchev–Trinajstić information content (AvgIpc) is 3.27. The summed E-state index contributed by atoms with van der Waals surface area (Å²) in [5, 5.41) is 27.2. The second-order valence-electron chi connectivity index (χ2n) is 8.97. The van der Waals surface area contributed by atoms with Crippen molar-refractivity contribution >= 4 is 40.6 Å². The summed E-state index contributed by atoms with van der Waals surface area (Å²) in [6.45, 7) is 2.82. The number of carbonyl (C=O) groups is 4. The largest absolute Gasteiger partial charge is 0.480 e. The minimum absolute atomic E-state index is 0.0375. The van der Waals surface area contributed by atoms with Gasteiger partial charge in [-0.15, -0.1) is 0 Å². The molecule has 1 aromatic carbocycles. The van der Waals surface area contributed by atoms with Crippen LogP contribution >= 0.6 is 0 Å². The fourth-order valence-electron chi connectivity index (χ4n) is 3.64. The van der Waals surface area contributed by atoms with E-state index in [2.05, 4.69) is 25.9 Å². The molecule has 208 valence electrons. The third kappa shape index (κ3) is 8.74. The van der Waals surface area contributed by atoms with Gasteiger partial charge >= 0.3 is 5.97 Å². The normalized spacial score (nSPS) is 14.9. The van der Waals surface area contributed by atoms with Crippen LogP contribution in [0.15, 0.2) is 35.5 Å². The lowest BCUT2D eigenvalue weighted by molar-refractivity contribution is -0.141. The molecule has 0 aliphatic rings. The van der Waals surface area contributed by atoms with Gasteiger partial charge < -0.3 is 48.3 Å². The van der Waals surface area contributed by atoms with Crippen LogP contribution in [-0.4, -0.2) is 81.7 Å². The number of hydrogen-bond acceptors (Lipinski definition) is 7. The molecule has 0 saturated heterocycles. The number of aliphatic imine (C=N–C) groups is 1. The SMILES string of the molecule is CC(NC(=O)C(Cc1c[nH]c2ccccc12)NC(=O)C(CCCN=C(N)N)NC(=O)C(N)C(C)O)C(=O)O. The zero-order chi connectivity index (χ0) is 28.4. The zero-order valence-corrected chi connectivity index (χ0v) is 21.3. The Balaban J connectivity index is 2.28. The first-order chi connectivity index (χ1) is 17.9. The van der Waals surface area contributed by atoms with Gasteiger partial charge in [0.05, 0.1) is 6.10 Å². The lowest BCUT2D eigenvalue weighted by atomic mass is 10.0. The van der Waals surface area contributed by atoms with Gasteiger partial charge in [-0.2, -0.15) is 0 Å². The average molecular weight is 533 g/mol. The predicted molar refractivity (Wildman–Crippen MR) is 141 cm³/mol. The van der Waals surface area contributed by atoms with E-state index < -0.39 is 54.0 Å². The smallest absolute Gasteiger partial charge is 0.325 e. The number of carbonyl (C=O) groups excluding carboxylic acids is 3. The van der Waals surface area contributed by atoms with E-state index in [1.165, 1.54) is 13.8 Å². The molecule has 5 unspecified atom stereocenters. The van der Waals surface area contributed by atoms with E-state index in [9.17, 15) is 29.4 Å². The summed E-state index contributed by atoms with van der Waals surface area (Å²) in [6, 6.07) is 2.56. The van der Waals surface area contributed by atoms with Crippen molar-refractivity contribution in [3.8, 4) is 0 Å². The molecule has 0 radical (unpaired) electrons. The van der Waals surface area contributed by atoms with Crippen molar-refractivity contribution in [3.05, 3.63) is 36.0 Å². The lowest BCUT2D eigenvalue weighted by Gasteiger charge is -2.25. The summed E-state index contributed by atoms with van der Waals surface area (Å²) in [7, 11) is 0. The molecule has 2 aromatic rings. The number of hydrogen-bond donors (Lipinski definition) is 9. The second kappa shape index (κ2) is 13.9. The Bertz CT molecular complexity index is 1160. The Morgan fingerprint density at radius 3 is 2.26 bits per heavy atom. The number of H-pyrrole nitrogens is 1. The van der Waals surface area contributed by atoms with Gasteiger partial charge in [0.25, 0.3) is 0 Å². The summed E-state index contributed by atoms with van der Waals surface area (Å²) in [4.78, 5) is 57.1. The number of rotatable bonds is 14. The number of para-hydroxylation sites is 1. The molecule has 14 heteroatoms. The summed E-state index contributed by atoms with van der Waals surface area (Å²) >= 11 is 0. The van der Waals surface area contributed by atoms with Crippen LogP contribution in [0.2, 0.25) is 0 Å². The van der Waals surface area contributed by atoms with Gasteiger partial charge in [-0.05, 0) is 38.3 Å². The van der Waals surface area contributed by atoms with Gasteiger partial charge in [0.15, 0.2) is 5.96 Å². The molecule has 0 aliphatic carbocycles. The molecule has 14 nitrogen and oxygen atoms in total. The number of aliphatic carboxylic acids is 1. The number of aromatic nitrogens is 1. The van der Waals surface area contributed by atoms with Crippen LogP contribution < -0.4 is 33.2 Å². The molecular formula is C24H36N8O6. The molecule has 0 spiro atoms. The van der Waals surface area contributed by atoms with Gasteiger partial charge in [-0.1, -0.05) is 18.2 Å². The van der Waals surface area contributed by atoms with Gasteiger partial charge in [0.1, 0.15) is 24.2 Å². The zero-order valence-electron chi connectivity index (χ0n) is 21.3. The number of aliphatic hydroxyl groups is 1. The summed E-state index contributed by atoms with van der Waals surface area (Å²) < 4.78 is 0. The Labute approximate surface area is 219 Å². The number of nitrogens with zero attached hydrogens (tertiary/aromatic N) is 1. The van der Waals surface area contributed by atoms with Gasteiger partial charge in [-0.3, -0.25) is 24.2 Å². The minimum Gasteiger partial charge on any atom is -0.480 e. The van der Waals surface area contributed by atoms with Gasteiger partial charge in [0.2, 0.25) is 17.7 Å². The number of guanidine groups is 1. The fourth-order valence-corrected chi connectivity index (χ4v) is 3.64. The number of aliphatic hydroxyl groups excluding tert-OH is 1. The van der Waals surface area contributed by atoms with Gasteiger partial charge in [-0.25, -0.2) is 0 Å². The maximum Gasteiger partial charge on any atom is 0.325 e. The van der Waals surface area contributed by atoms with Crippen molar-refractivity contribution in [2.24, 2.45) is 22.2 Å².